The van der Waals surface area contributed by atoms with Gasteiger partial charge < -0.3 is 9.51 Å². The summed E-state index contributed by atoms with van der Waals surface area (Å²) in [4.78, 5) is 25.9. The second kappa shape index (κ2) is 6.11. The third kappa shape index (κ3) is 2.83. The molecule has 0 fully saturated rings. The van der Waals surface area contributed by atoms with E-state index in [0.29, 0.717) is 12.1 Å². The molecule has 7 heteroatoms. The van der Waals surface area contributed by atoms with E-state index in [-0.39, 0.29) is 12.1 Å². The lowest BCUT2D eigenvalue weighted by atomic mass is 10.1. The van der Waals surface area contributed by atoms with Gasteiger partial charge in [-0.25, -0.2) is 4.98 Å². The molecule has 0 amide bonds. The normalized spacial score (nSPS) is 10.9. The Bertz CT molecular complexity index is 929. The van der Waals surface area contributed by atoms with Crippen molar-refractivity contribution < 1.29 is 14.8 Å². The van der Waals surface area contributed by atoms with Crippen LogP contribution >= 0.6 is 0 Å². The summed E-state index contributed by atoms with van der Waals surface area (Å²) >= 11 is 0. The van der Waals surface area contributed by atoms with Gasteiger partial charge in [0.2, 0.25) is 0 Å². The number of hydrogen-bond donors (Lipinski definition) is 1. The van der Waals surface area contributed by atoms with Crippen LogP contribution < -0.4 is 0 Å². The van der Waals surface area contributed by atoms with Gasteiger partial charge in [0.15, 0.2) is 0 Å². The number of imidazole rings is 1. The summed E-state index contributed by atoms with van der Waals surface area (Å²) in [6.45, 7) is 1.93. The number of aromatic nitrogens is 2. The number of hydrogen-bond acceptors (Lipinski definition) is 4. The smallest absolute Gasteiger partial charge is 0.303 e. The van der Waals surface area contributed by atoms with Crippen LogP contribution in [0, 0.1) is 17.0 Å². The Labute approximate surface area is 137 Å². The highest BCUT2D eigenvalue weighted by Gasteiger charge is 2.17. The molecule has 7 nitrogen and oxygen atoms in total. The quantitative estimate of drug-likeness (QED) is 0.573. The average Bonchev–Trinajstić information content (AvgIpc) is 2.93. The first kappa shape index (κ1) is 15.7. The average molecular weight is 325 g/mol. The molecule has 122 valence electrons. The molecule has 3 rings (SSSR count). The van der Waals surface area contributed by atoms with Crippen molar-refractivity contribution >= 4 is 17.3 Å². The summed E-state index contributed by atoms with van der Waals surface area (Å²) in [6, 6.07) is 9.94. The lowest BCUT2D eigenvalue weighted by Gasteiger charge is -2.04. The molecule has 0 bridgehead atoms. The molecule has 0 aliphatic rings. The van der Waals surface area contributed by atoms with Gasteiger partial charge in [-0.15, -0.1) is 0 Å². The molecule has 0 unspecified atom stereocenters. The van der Waals surface area contributed by atoms with E-state index in [0.717, 1.165) is 22.5 Å². The van der Waals surface area contributed by atoms with Gasteiger partial charge >= 0.3 is 5.97 Å². The Morgan fingerprint density at radius 2 is 2.00 bits per heavy atom. The minimum absolute atomic E-state index is 0.00535. The molecule has 1 N–H and O–H groups in total. The largest absolute Gasteiger partial charge is 0.481 e. The van der Waals surface area contributed by atoms with E-state index < -0.39 is 10.9 Å². The van der Waals surface area contributed by atoms with Crippen LogP contribution in [0.4, 0.5) is 5.69 Å². The predicted molar refractivity (Wildman–Crippen MR) is 88.0 cm³/mol. The minimum atomic E-state index is -0.882. The second-order valence-corrected chi connectivity index (χ2v) is 5.49. The van der Waals surface area contributed by atoms with Crippen LogP contribution in [0.15, 0.2) is 42.6 Å². The molecular formula is C17H15N3O4. The zero-order valence-corrected chi connectivity index (χ0v) is 13.0. The number of fused-ring (bicyclic) bond motifs is 1. The number of pyridine rings is 1. The topological polar surface area (TPSA) is 97.7 Å². The Balaban J connectivity index is 2.14. The van der Waals surface area contributed by atoms with Gasteiger partial charge in [0.05, 0.1) is 22.7 Å². The number of nitro groups is 1. The number of carbonyl (C=O) groups is 1. The van der Waals surface area contributed by atoms with E-state index in [4.69, 9.17) is 5.11 Å². The number of aryl methyl sites for hydroxylation is 2. The van der Waals surface area contributed by atoms with Gasteiger partial charge in [-0.1, -0.05) is 6.07 Å². The summed E-state index contributed by atoms with van der Waals surface area (Å²) in [5, 5.41) is 19.8. The van der Waals surface area contributed by atoms with E-state index in [1.807, 2.05) is 29.7 Å². The highest BCUT2D eigenvalue weighted by molar-refractivity contribution is 5.71. The molecule has 2 heterocycles. The van der Waals surface area contributed by atoms with E-state index in [2.05, 4.69) is 4.98 Å². The van der Waals surface area contributed by atoms with Crippen LogP contribution in [-0.4, -0.2) is 25.4 Å². The summed E-state index contributed by atoms with van der Waals surface area (Å²) < 4.78 is 1.88. The number of carboxylic acids is 1. The van der Waals surface area contributed by atoms with Gasteiger partial charge in [-0.3, -0.25) is 14.9 Å². The van der Waals surface area contributed by atoms with Crippen LogP contribution in [0.5, 0.6) is 0 Å². The fraction of sp³-hybridized carbons (Fsp3) is 0.176. The van der Waals surface area contributed by atoms with Gasteiger partial charge in [0.1, 0.15) is 5.65 Å². The number of nitro benzene ring substituents is 1. The zero-order valence-electron chi connectivity index (χ0n) is 13.0. The fourth-order valence-corrected chi connectivity index (χ4v) is 2.69. The zero-order chi connectivity index (χ0) is 17.3. The fourth-order valence-electron chi connectivity index (χ4n) is 2.69. The number of nitrogens with zero attached hydrogens (tertiary/aromatic N) is 3. The molecular weight excluding hydrogens is 310 g/mol. The van der Waals surface area contributed by atoms with Crippen molar-refractivity contribution in [2.45, 2.75) is 19.8 Å². The molecule has 0 saturated carbocycles. The van der Waals surface area contributed by atoms with Crippen molar-refractivity contribution in [1.82, 2.24) is 9.38 Å². The van der Waals surface area contributed by atoms with Crippen LogP contribution in [0.2, 0.25) is 0 Å². The molecule has 3 aromatic rings. The van der Waals surface area contributed by atoms with E-state index in [9.17, 15) is 14.9 Å². The summed E-state index contributed by atoms with van der Waals surface area (Å²) in [7, 11) is 0. The summed E-state index contributed by atoms with van der Waals surface area (Å²) in [6.07, 6.45) is 2.16. The SMILES string of the molecule is Cc1cccn2c(CCC(=O)O)c(-c3ccc([N+](=O)[O-])cc3)nc12. The maximum atomic E-state index is 11.0. The molecule has 0 radical (unpaired) electrons. The molecule has 0 atom stereocenters. The van der Waals surface area contributed by atoms with Crippen molar-refractivity contribution in [1.29, 1.82) is 0 Å². The number of benzene rings is 1. The lowest BCUT2D eigenvalue weighted by molar-refractivity contribution is -0.384. The minimum Gasteiger partial charge on any atom is -0.481 e. The Morgan fingerprint density at radius 1 is 1.29 bits per heavy atom. The summed E-state index contributed by atoms with van der Waals surface area (Å²) in [5.74, 6) is -0.882. The van der Waals surface area contributed by atoms with E-state index >= 15 is 0 Å². The van der Waals surface area contributed by atoms with Gasteiger partial charge in [-0.2, -0.15) is 0 Å². The van der Waals surface area contributed by atoms with Crippen molar-refractivity contribution in [3.8, 4) is 11.3 Å². The molecule has 0 saturated heterocycles. The monoisotopic (exact) mass is 325 g/mol. The number of non-ortho nitro benzene ring substituents is 1. The Kier molecular flexibility index (Phi) is 3.99. The maximum Gasteiger partial charge on any atom is 0.303 e. The molecule has 1 aromatic carbocycles. The molecule has 0 aliphatic carbocycles. The van der Waals surface area contributed by atoms with Gasteiger partial charge in [0, 0.05) is 30.3 Å². The number of carboxylic acid groups (broad SMARTS) is 1. The van der Waals surface area contributed by atoms with E-state index in [1.54, 1.807) is 12.1 Å². The maximum absolute atomic E-state index is 11.0. The Hall–Kier alpha value is -3.22. The van der Waals surface area contributed by atoms with Crippen LogP contribution in [0.25, 0.3) is 16.9 Å². The third-order valence-corrected chi connectivity index (χ3v) is 3.87. The molecule has 0 aliphatic heterocycles. The molecule has 24 heavy (non-hydrogen) atoms. The molecule has 2 aromatic heterocycles. The van der Waals surface area contributed by atoms with Gasteiger partial charge in [0.25, 0.3) is 5.69 Å². The number of rotatable bonds is 5. The van der Waals surface area contributed by atoms with Gasteiger partial charge in [-0.05, 0) is 30.7 Å². The van der Waals surface area contributed by atoms with Crippen molar-refractivity contribution in [3.05, 3.63) is 64.0 Å². The molecule has 0 spiro atoms. The van der Waals surface area contributed by atoms with Crippen LogP contribution in [-0.2, 0) is 11.2 Å². The third-order valence-electron chi connectivity index (χ3n) is 3.87. The standard InChI is InChI=1S/C17H15N3O4/c1-11-3-2-10-19-14(8-9-15(21)22)16(18-17(11)19)12-4-6-13(7-5-12)20(23)24/h2-7,10H,8-9H2,1H3,(H,21,22). The highest BCUT2D eigenvalue weighted by Crippen LogP contribution is 2.28. The summed E-state index contributed by atoms with van der Waals surface area (Å²) in [5.41, 5.74) is 3.90. The van der Waals surface area contributed by atoms with Crippen LogP contribution in [0.1, 0.15) is 17.7 Å². The Morgan fingerprint density at radius 3 is 2.62 bits per heavy atom. The van der Waals surface area contributed by atoms with Crippen molar-refractivity contribution in [3.63, 3.8) is 0 Å². The first-order valence-corrected chi connectivity index (χ1v) is 7.40. The van der Waals surface area contributed by atoms with Crippen molar-refractivity contribution in [2.24, 2.45) is 0 Å². The highest BCUT2D eigenvalue weighted by atomic mass is 16.6. The first-order valence-electron chi connectivity index (χ1n) is 7.40. The number of aliphatic carboxylic acids is 1. The first-order chi connectivity index (χ1) is 11.5. The predicted octanol–water partition coefficient (Wildman–Crippen LogP) is 3.24. The lowest BCUT2D eigenvalue weighted by Crippen LogP contribution is -2.01. The van der Waals surface area contributed by atoms with Crippen molar-refractivity contribution in [2.75, 3.05) is 0 Å². The van der Waals surface area contributed by atoms with E-state index in [1.165, 1.54) is 12.1 Å². The van der Waals surface area contributed by atoms with Crippen LogP contribution in [0.3, 0.4) is 0 Å². The second-order valence-electron chi connectivity index (χ2n) is 5.49.